The van der Waals surface area contributed by atoms with E-state index in [4.69, 9.17) is 10.5 Å². The van der Waals surface area contributed by atoms with Crippen molar-refractivity contribution in [1.29, 1.82) is 0 Å². The fourth-order valence-electron chi connectivity index (χ4n) is 2.33. The number of ether oxygens (including phenoxy) is 1. The minimum atomic E-state index is 0.0658. The largest absolute Gasteiger partial charge is 0.383 e. The monoisotopic (exact) mass is 272 g/mol. The molecular weight excluding hydrogens is 244 g/mol. The van der Waals surface area contributed by atoms with Crippen molar-refractivity contribution in [2.24, 2.45) is 5.73 Å². The molecule has 2 unspecified atom stereocenters. The summed E-state index contributed by atoms with van der Waals surface area (Å²) in [6, 6.07) is 0.494. The van der Waals surface area contributed by atoms with Crippen LogP contribution in [0.25, 0.3) is 0 Å². The van der Waals surface area contributed by atoms with E-state index in [1.54, 1.807) is 7.11 Å². The van der Waals surface area contributed by atoms with Gasteiger partial charge in [0.1, 0.15) is 0 Å². The van der Waals surface area contributed by atoms with E-state index in [1.165, 1.54) is 0 Å². The molecule has 0 saturated carbocycles. The van der Waals surface area contributed by atoms with Gasteiger partial charge in [0.15, 0.2) is 0 Å². The summed E-state index contributed by atoms with van der Waals surface area (Å²) in [6.45, 7) is 9.63. The molecule has 0 bridgehead atoms. The average Bonchev–Trinajstić information content (AvgIpc) is 2.38. The minimum Gasteiger partial charge on any atom is -0.383 e. The molecule has 6 nitrogen and oxygen atoms in total. The van der Waals surface area contributed by atoms with Crippen LogP contribution in [0.1, 0.15) is 13.8 Å². The zero-order valence-electron chi connectivity index (χ0n) is 12.4. The highest BCUT2D eigenvalue weighted by Crippen LogP contribution is 2.05. The second kappa shape index (κ2) is 8.47. The molecule has 1 fully saturated rings. The molecule has 3 N–H and O–H groups in total. The van der Waals surface area contributed by atoms with Crippen LogP contribution in [0.15, 0.2) is 0 Å². The summed E-state index contributed by atoms with van der Waals surface area (Å²) < 4.78 is 5.00. The molecule has 2 atom stereocenters. The van der Waals surface area contributed by atoms with Gasteiger partial charge in [-0.15, -0.1) is 0 Å². The summed E-state index contributed by atoms with van der Waals surface area (Å²) in [5.74, 6) is 0.0740. The molecule has 1 rings (SSSR count). The van der Waals surface area contributed by atoms with Crippen molar-refractivity contribution in [3.63, 3.8) is 0 Å². The van der Waals surface area contributed by atoms with Crippen LogP contribution in [0.4, 0.5) is 0 Å². The van der Waals surface area contributed by atoms with Gasteiger partial charge in [0.25, 0.3) is 0 Å². The first-order chi connectivity index (χ1) is 9.06. The van der Waals surface area contributed by atoms with Crippen LogP contribution in [-0.4, -0.2) is 80.8 Å². The van der Waals surface area contributed by atoms with Crippen molar-refractivity contribution in [2.45, 2.75) is 25.9 Å². The number of carbonyl (C=O) groups is 1. The van der Waals surface area contributed by atoms with Gasteiger partial charge < -0.3 is 15.8 Å². The van der Waals surface area contributed by atoms with Crippen molar-refractivity contribution in [2.75, 3.05) is 53.0 Å². The number of amides is 1. The predicted molar refractivity (Wildman–Crippen MR) is 76.0 cm³/mol. The third-order valence-electron chi connectivity index (χ3n) is 3.56. The number of methoxy groups -OCH3 is 1. The maximum Gasteiger partial charge on any atom is 0.234 e. The predicted octanol–water partition coefficient (Wildman–Crippen LogP) is -0.898. The Morgan fingerprint density at radius 1 is 1.32 bits per heavy atom. The quantitative estimate of drug-likeness (QED) is 0.629. The Labute approximate surface area is 116 Å². The number of nitrogens with one attached hydrogen (secondary N) is 1. The first-order valence-corrected chi connectivity index (χ1v) is 7.01. The average molecular weight is 272 g/mol. The van der Waals surface area contributed by atoms with E-state index in [-0.39, 0.29) is 11.9 Å². The number of nitrogens with zero attached hydrogens (tertiary/aromatic N) is 2. The molecule has 0 aromatic rings. The lowest BCUT2D eigenvalue weighted by molar-refractivity contribution is -0.123. The number of hydrogen-bond acceptors (Lipinski definition) is 5. The van der Waals surface area contributed by atoms with Crippen molar-refractivity contribution >= 4 is 5.91 Å². The molecule has 1 heterocycles. The normalized spacial score (nSPS) is 21.1. The molecule has 6 heteroatoms. The number of nitrogens with two attached hydrogens (primary N) is 1. The summed E-state index contributed by atoms with van der Waals surface area (Å²) in [5, 5.41) is 2.93. The van der Waals surface area contributed by atoms with Crippen LogP contribution >= 0.6 is 0 Å². The van der Waals surface area contributed by atoms with Gasteiger partial charge in [0.2, 0.25) is 5.91 Å². The minimum absolute atomic E-state index is 0.0658. The smallest absolute Gasteiger partial charge is 0.234 e. The molecule has 0 aromatic heterocycles. The highest BCUT2D eigenvalue weighted by Gasteiger charge is 2.21. The molecule has 1 amide bonds. The lowest BCUT2D eigenvalue weighted by atomic mass is 10.2. The zero-order chi connectivity index (χ0) is 14.3. The van der Waals surface area contributed by atoms with Gasteiger partial charge in [-0.25, -0.2) is 0 Å². The first-order valence-electron chi connectivity index (χ1n) is 7.01. The van der Waals surface area contributed by atoms with E-state index in [9.17, 15) is 4.79 Å². The Morgan fingerprint density at radius 2 is 1.95 bits per heavy atom. The molecule has 1 saturated heterocycles. The van der Waals surface area contributed by atoms with Crippen LogP contribution in [0.5, 0.6) is 0 Å². The molecular formula is C13H28N4O2. The molecule has 112 valence electrons. The highest BCUT2D eigenvalue weighted by atomic mass is 16.5. The summed E-state index contributed by atoms with van der Waals surface area (Å²) >= 11 is 0. The Hall–Kier alpha value is -0.690. The number of piperazine rings is 1. The van der Waals surface area contributed by atoms with Gasteiger partial charge in [-0.3, -0.25) is 14.6 Å². The maximum atomic E-state index is 11.8. The van der Waals surface area contributed by atoms with Gasteiger partial charge >= 0.3 is 0 Å². The summed E-state index contributed by atoms with van der Waals surface area (Å²) in [6.07, 6.45) is 0. The third-order valence-corrected chi connectivity index (χ3v) is 3.56. The molecule has 0 aromatic carbocycles. The topological polar surface area (TPSA) is 70.8 Å². The van der Waals surface area contributed by atoms with Crippen molar-refractivity contribution in [3.05, 3.63) is 0 Å². The maximum absolute atomic E-state index is 11.8. The Morgan fingerprint density at radius 3 is 2.47 bits per heavy atom. The van der Waals surface area contributed by atoms with Crippen molar-refractivity contribution in [3.8, 4) is 0 Å². The van der Waals surface area contributed by atoms with E-state index >= 15 is 0 Å². The Kier molecular flexibility index (Phi) is 7.30. The SMILES string of the molecule is COCC(C)NC(=O)CN1CCN(C(C)CN)CC1. The molecule has 0 spiro atoms. The van der Waals surface area contributed by atoms with Crippen molar-refractivity contribution < 1.29 is 9.53 Å². The van der Waals surface area contributed by atoms with Gasteiger partial charge in [-0.2, -0.15) is 0 Å². The van der Waals surface area contributed by atoms with E-state index < -0.39 is 0 Å². The first kappa shape index (κ1) is 16.4. The zero-order valence-corrected chi connectivity index (χ0v) is 12.4. The van der Waals surface area contributed by atoms with E-state index in [0.717, 1.165) is 26.2 Å². The molecule has 1 aliphatic rings. The Bertz CT molecular complexity index is 267. The standard InChI is InChI=1S/C13H28N4O2/c1-11(10-19-3)15-13(18)9-16-4-6-17(7-5-16)12(2)8-14/h11-12H,4-10,14H2,1-3H3,(H,15,18). The highest BCUT2D eigenvalue weighted by molar-refractivity contribution is 5.78. The van der Waals surface area contributed by atoms with Crippen LogP contribution in [-0.2, 0) is 9.53 Å². The summed E-state index contributed by atoms with van der Waals surface area (Å²) in [7, 11) is 1.64. The number of rotatable bonds is 7. The van der Waals surface area contributed by atoms with Crippen molar-refractivity contribution in [1.82, 2.24) is 15.1 Å². The van der Waals surface area contributed by atoms with Crippen LogP contribution in [0, 0.1) is 0 Å². The van der Waals surface area contributed by atoms with Crippen LogP contribution < -0.4 is 11.1 Å². The van der Waals surface area contributed by atoms with Gasteiger partial charge in [-0.1, -0.05) is 0 Å². The summed E-state index contributed by atoms with van der Waals surface area (Å²) in [5.41, 5.74) is 5.67. The summed E-state index contributed by atoms with van der Waals surface area (Å²) in [4.78, 5) is 16.4. The molecule has 1 aliphatic heterocycles. The lowest BCUT2D eigenvalue weighted by Crippen LogP contribution is -2.53. The second-order valence-corrected chi connectivity index (χ2v) is 5.32. The van der Waals surface area contributed by atoms with Gasteiger partial charge in [0, 0.05) is 51.9 Å². The van der Waals surface area contributed by atoms with E-state index in [1.807, 2.05) is 6.92 Å². The third kappa shape index (κ3) is 5.86. The van der Waals surface area contributed by atoms with E-state index in [2.05, 4.69) is 22.0 Å². The molecule has 0 aliphatic carbocycles. The molecule has 0 radical (unpaired) electrons. The van der Waals surface area contributed by atoms with Crippen LogP contribution in [0.2, 0.25) is 0 Å². The fraction of sp³-hybridized carbons (Fsp3) is 0.923. The number of carbonyl (C=O) groups excluding carboxylic acids is 1. The second-order valence-electron chi connectivity index (χ2n) is 5.32. The van der Waals surface area contributed by atoms with Crippen LogP contribution in [0.3, 0.4) is 0 Å². The lowest BCUT2D eigenvalue weighted by Gasteiger charge is -2.37. The van der Waals surface area contributed by atoms with E-state index in [0.29, 0.717) is 25.7 Å². The fourth-order valence-corrected chi connectivity index (χ4v) is 2.33. The van der Waals surface area contributed by atoms with Gasteiger partial charge in [0.05, 0.1) is 13.2 Å². The Balaban J connectivity index is 2.23. The molecule has 19 heavy (non-hydrogen) atoms. The number of hydrogen-bond donors (Lipinski definition) is 2. The van der Waals surface area contributed by atoms with Gasteiger partial charge in [-0.05, 0) is 13.8 Å².